The molecule has 1 aliphatic heterocycles. The number of carbonyl (C=O) groups excluding carboxylic acids is 1. The van der Waals surface area contributed by atoms with Gasteiger partial charge in [-0.15, -0.1) is 0 Å². The number of nitrogens with zero attached hydrogens (tertiary/aromatic N) is 1. The number of oxazole rings is 1. The summed E-state index contributed by atoms with van der Waals surface area (Å²) in [7, 11) is 0. The van der Waals surface area contributed by atoms with Crippen LogP contribution in [0.25, 0.3) is 22.6 Å². The molecule has 25 heavy (non-hydrogen) atoms. The molecule has 4 rings (SSSR count). The van der Waals surface area contributed by atoms with E-state index in [1.54, 1.807) is 6.07 Å². The van der Waals surface area contributed by atoms with Gasteiger partial charge < -0.3 is 9.73 Å². The predicted molar refractivity (Wildman–Crippen MR) is 98.1 cm³/mol. The average molecular weight is 356 g/mol. The highest BCUT2D eigenvalue weighted by atomic mass is 32.2. The summed E-state index contributed by atoms with van der Waals surface area (Å²) in [6.07, 6.45) is 1.88. The zero-order valence-electron chi connectivity index (χ0n) is 13.5. The molecule has 1 saturated heterocycles. The van der Waals surface area contributed by atoms with Crippen molar-refractivity contribution in [2.75, 3.05) is 16.8 Å². The smallest absolute Gasteiger partial charge is 0.227 e. The second-order valence-corrected chi connectivity index (χ2v) is 7.31. The summed E-state index contributed by atoms with van der Waals surface area (Å²) in [5.74, 6) is 2.38. The Balaban J connectivity index is 1.49. The van der Waals surface area contributed by atoms with Gasteiger partial charge in [-0.05, 0) is 60.7 Å². The van der Waals surface area contributed by atoms with E-state index in [4.69, 9.17) is 4.42 Å². The van der Waals surface area contributed by atoms with Gasteiger partial charge in [-0.25, -0.2) is 9.37 Å². The lowest BCUT2D eigenvalue weighted by molar-refractivity contribution is -0.120. The van der Waals surface area contributed by atoms with Crippen LogP contribution in [0.1, 0.15) is 12.8 Å². The van der Waals surface area contributed by atoms with Crippen molar-refractivity contribution in [1.82, 2.24) is 4.98 Å². The molecule has 1 aliphatic rings. The maximum Gasteiger partial charge on any atom is 0.227 e. The number of anilines is 1. The summed E-state index contributed by atoms with van der Waals surface area (Å²) >= 11 is 1.90. The fraction of sp³-hybridized carbons (Fsp3) is 0.263. The van der Waals surface area contributed by atoms with E-state index in [0.717, 1.165) is 35.6 Å². The van der Waals surface area contributed by atoms with Gasteiger partial charge in [0.05, 0.1) is 0 Å². The average Bonchev–Trinajstić information content (AvgIpc) is 3.06. The van der Waals surface area contributed by atoms with Gasteiger partial charge in [0, 0.05) is 23.2 Å². The largest absolute Gasteiger partial charge is 0.436 e. The molecule has 3 aromatic rings. The quantitative estimate of drug-likeness (QED) is 0.738. The van der Waals surface area contributed by atoms with Crippen molar-refractivity contribution in [3.8, 4) is 11.5 Å². The van der Waals surface area contributed by atoms with E-state index in [2.05, 4.69) is 10.3 Å². The van der Waals surface area contributed by atoms with E-state index in [1.165, 1.54) is 12.1 Å². The summed E-state index contributed by atoms with van der Waals surface area (Å²) < 4.78 is 18.9. The normalized spacial score (nSPS) is 15.4. The summed E-state index contributed by atoms with van der Waals surface area (Å²) in [6, 6.07) is 11.6. The number of carbonyl (C=O) groups is 1. The Morgan fingerprint density at radius 1 is 1.16 bits per heavy atom. The number of halogens is 1. The third kappa shape index (κ3) is 3.54. The number of aromatic nitrogens is 1. The Kier molecular flexibility index (Phi) is 4.44. The van der Waals surface area contributed by atoms with Crippen LogP contribution in [0.5, 0.6) is 0 Å². The second kappa shape index (κ2) is 6.88. The van der Waals surface area contributed by atoms with Crippen molar-refractivity contribution in [3.05, 3.63) is 48.3 Å². The zero-order valence-corrected chi connectivity index (χ0v) is 14.3. The molecule has 128 valence electrons. The highest BCUT2D eigenvalue weighted by molar-refractivity contribution is 7.99. The van der Waals surface area contributed by atoms with Crippen LogP contribution in [0.4, 0.5) is 10.1 Å². The molecule has 0 radical (unpaired) electrons. The maximum absolute atomic E-state index is 13.2. The molecule has 2 aromatic carbocycles. The lowest BCUT2D eigenvalue weighted by Gasteiger charge is -2.20. The Labute approximate surface area is 148 Å². The van der Waals surface area contributed by atoms with Crippen molar-refractivity contribution in [3.63, 3.8) is 0 Å². The zero-order chi connectivity index (χ0) is 17.2. The first-order valence-electron chi connectivity index (χ1n) is 8.24. The SMILES string of the molecule is O=C(Nc1ccc(-c2nc3ccc(F)cc3o2)cc1)C1CCSCC1. The summed E-state index contributed by atoms with van der Waals surface area (Å²) in [4.78, 5) is 16.7. The molecule has 2 heterocycles. The standard InChI is InChI=1S/C19H17FN2O2S/c20-14-3-6-16-17(11-14)24-19(22-16)13-1-4-15(5-2-13)21-18(23)12-7-9-25-10-8-12/h1-6,11-12H,7-10H2,(H,21,23). The van der Waals surface area contributed by atoms with Gasteiger partial charge in [-0.3, -0.25) is 4.79 Å². The van der Waals surface area contributed by atoms with E-state index in [-0.39, 0.29) is 17.6 Å². The molecule has 0 bridgehead atoms. The van der Waals surface area contributed by atoms with Gasteiger partial charge in [-0.2, -0.15) is 11.8 Å². The number of benzene rings is 2. The van der Waals surface area contributed by atoms with Crippen molar-refractivity contribution >= 4 is 34.5 Å². The molecule has 1 aromatic heterocycles. The van der Waals surface area contributed by atoms with Crippen LogP contribution in [0.2, 0.25) is 0 Å². The molecule has 6 heteroatoms. The fourth-order valence-electron chi connectivity index (χ4n) is 2.92. The van der Waals surface area contributed by atoms with E-state index in [1.807, 2.05) is 36.0 Å². The van der Waals surface area contributed by atoms with E-state index in [0.29, 0.717) is 17.0 Å². The van der Waals surface area contributed by atoms with Crippen LogP contribution >= 0.6 is 11.8 Å². The van der Waals surface area contributed by atoms with Crippen LogP contribution in [0, 0.1) is 11.7 Å². The predicted octanol–water partition coefficient (Wildman–Crippen LogP) is 4.72. The fourth-order valence-corrected chi connectivity index (χ4v) is 4.03. The molecule has 0 spiro atoms. The molecular weight excluding hydrogens is 339 g/mol. The lowest BCUT2D eigenvalue weighted by atomic mass is 10.0. The van der Waals surface area contributed by atoms with Crippen LogP contribution < -0.4 is 5.32 Å². The van der Waals surface area contributed by atoms with Gasteiger partial charge in [0.25, 0.3) is 0 Å². The summed E-state index contributed by atoms with van der Waals surface area (Å²) in [5, 5.41) is 2.98. The molecule has 1 fully saturated rings. The molecule has 0 unspecified atom stereocenters. The van der Waals surface area contributed by atoms with Gasteiger partial charge in [0.15, 0.2) is 5.58 Å². The second-order valence-electron chi connectivity index (χ2n) is 6.08. The first-order chi connectivity index (χ1) is 12.2. The Morgan fingerprint density at radius 2 is 1.92 bits per heavy atom. The Morgan fingerprint density at radius 3 is 2.68 bits per heavy atom. The molecule has 1 amide bonds. The Bertz CT molecular complexity index is 901. The van der Waals surface area contributed by atoms with E-state index in [9.17, 15) is 9.18 Å². The molecule has 4 nitrogen and oxygen atoms in total. The van der Waals surface area contributed by atoms with Crippen LogP contribution in [0.3, 0.4) is 0 Å². The summed E-state index contributed by atoms with van der Waals surface area (Å²) in [5.41, 5.74) is 2.57. The van der Waals surface area contributed by atoms with Gasteiger partial charge in [-0.1, -0.05) is 0 Å². The third-order valence-electron chi connectivity index (χ3n) is 4.34. The van der Waals surface area contributed by atoms with Crippen molar-refractivity contribution in [1.29, 1.82) is 0 Å². The number of rotatable bonds is 3. The number of fused-ring (bicyclic) bond motifs is 1. The van der Waals surface area contributed by atoms with E-state index < -0.39 is 0 Å². The minimum atomic E-state index is -0.352. The molecule has 0 aliphatic carbocycles. The third-order valence-corrected chi connectivity index (χ3v) is 5.39. The van der Waals surface area contributed by atoms with Gasteiger partial charge in [0.1, 0.15) is 11.3 Å². The Hall–Kier alpha value is -2.34. The van der Waals surface area contributed by atoms with Crippen LogP contribution in [-0.4, -0.2) is 22.4 Å². The molecule has 0 saturated carbocycles. The summed E-state index contributed by atoms with van der Waals surface area (Å²) in [6.45, 7) is 0. The number of thioether (sulfide) groups is 1. The van der Waals surface area contributed by atoms with Crippen molar-refractivity contribution in [2.45, 2.75) is 12.8 Å². The monoisotopic (exact) mass is 356 g/mol. The molecule has 1 N–H and O–H groups in total. The first-order valence-corrected chi connectivity index (χ1v) is 9.40. The van der Waals surface area contributed by atoms with Crippen LogP contribution in [-0.2, 0) is 4.79 Å². The topological polar surface area (TPSA) is 55.1 Å². The minimum Gasteiger partial charge on any atom is -0.436 e. The number of hydrogen-bond donors (Lipinski definition) is 1. The van der Waals surface area contributed by atoms with Crippen molar-refractivity contribution in [2.24, 2.45) is 5.92 Å². The number of amides is 1. The number of nitrogens with one attached hydrogen (secondary N) is 1. The minimum absolute atomic E-state index is 0.0883. The van der Waals surface area contributed by atoms with Crippen LogP contribution in [0.15, 0.2) is 46.9 Å². The highest BCUT2D eigenvalue weighted by Gasteiger charge is 2.21. The molecule has 0 atom stereocenters. The lowest BCUT2D eigenvalue weighted by Crippen LogP contribution is -2.26. The van der Waals surface area contributed by atoms with Gasteiger partial charge in [0.2, 0.25) is 11.8 Å². The van der Waals surface area contributed by atoms with E-state index >= 15 is 0 Å². The number of hydrogen-bond acceptors (Lipinski definition) is 4. The first kappa shape index (κ1) is 16.1. The van der Waals surface area contributed by atoms with Crippen molar-refractivity contribution < 1.29 is 13.6 Å². The van der Waals surface area contributed by atoms with Gasteiger partial charge >= 0.3 is 0 Å². The molecular formula is C19H17FN2O2S. The maximum atomic E-state index is 13.2. The highest BCUT2D eigenvalue weighted by Crippen LogP contribution is 2.27.